The Morgan fingerprint density at radius 3 is 2.29 bits per heavy atom. The van der Waals surface area contributed by atoms with Crippen molar-refractivity contribution in [1.82, 2.24) is 0 Å². The summed E-state index contributed by atoms with van der Waals surface area (Å²) in [5.41, 5.74) is 2.84. The molecule has 0 radical (unpaired) electrons. The molecule has 0 heterocycles. The quantitative estimate of drug-likeness (QED) is 0.647. The Balaban J connectivity index is 2.34. The van der Waals surface area contributed by atoms with Gasteiger partial charge in [0.1, 0.15) is 0 Å². The zero-order valence-corrected chi connectivity index (χ0v) is 9.72. The van der Waals surface area contributed by atoms with Gasteiger partial charge in [0.15, 0.2) is 0 Å². The van der Waals surface area contributed by atoms with Crippen molar-refractivity contribution in [2.75, 3.05) is 0 Å². The highest BCUT2D eigenvalue weighted by Gasteiger charge is 2.00. The summed E-state index contributed by atoms with van der Waals surface area (Å²) < 4.78 is 0. The average molecular weight is 190 g/mol. The molecule has 0 amide bonds. The Morgan fingerprint density at radius 1 is 1.07 bits per heavy atom. The highest BCUT2D eigenvalue weighted by Crippen LogP contribution is 2.14. The molecular formula is C14H22. The van der Waals surface area contributed by atoms with Gasteiger partial charge in [-0.2, -0.15) is 0 Å². The summed E-state index contributed by atoms with van der Waals surface area (Å²) in [5, 5.41) is 0. The lowest BCUT2D eigenvalue weighted by molar-refractivity contribution is 0.486. The highest BCUT2D eigenvalue weighted by atomic mass is 14.1. The minimum atomic E-state index is 0.876. The van der Waals surface area contributed by atoms with Crippen molar-refractivity contribution in [3.8, 4) is 0 Å². The summed E-state index contributed by atoms with van der Waals surface area (Å²) in [5.74, 6) is 0.876. The fourth-order valence-electron chi connectivity index (χ4n) is 1.80. The van der Waals surface area contributed by atoms with Crippen LogP contribution in [-0.4, -0.2) is 0 Å². The Hall–Kier alpha value is -0.780. The van der Waals surface area contributed by atoms with Crippen molar-refractivity contribution >= 4 is 0 Å². The van der Waals surface area contributed by atoms with E-state index in [1.165, 1.54) is 36.8 Å². The lowest BCUT2D eigenvalue weighted by atomic mass is 9.97. The molecule has 0 saturated carbocycles. The summed E-state index contributed by atoms with van der Waals surface area (Å²) in [4.78, 5) is 0. The second-order valence-electron chi connectivity index (χ2n) is 4.42. The molecule has 78 valence electrons. The van der Waals surface area contributed by atoms with E-state index in [1.807, 2.05) is 0 Å². The van der Waals surface area contributed by atoms with Crippen LogP contribution in [0.4, 0.5) is 0 Å². The standard InChI is InChI=1S/C14H22/c1-4-5-12(2)6-9-14-10-7-13(3)8-11-14/h7-8,10-12H,4-6,9H2,1-3H3. The predicted molar refractivity (Wildman–Crippen MR) is 63.6 cm³/mol. The minimum absolute atomic E-state index is 0.876. The van der Waals surface area contributed by atoms with Crippen molar-refractivity contribution in [1.29, 1.82) is 0 Å². The van der Waals surface area contributed by atoms with Crippen LogP contribution < -0.4 is 0 Å². The first-order valence-corrected chi connectivity index (χ1v) is 5.78. The Bertz CT molecular complexity index is 245. The van der Waals surface area contributed by atoms with E-state index in [2.05, 4.69) is 45.0 Å². The lowest BCUT2D eigenvalue weighted by Crippen LogP contribution is -1.96. The third kappa shape index (κ3) is 3.95. The summed E-state index contributed by atoms with van der Waals surface area (Å²) >= 11 is 0. The van der Waals surface area contributed by atoms with Gasteiger partial charge in [-0.1, -0.05) is 56.5 Å². The fourth-order valence-corrected chi connectivity index (χ4v) is 1.80. The molecule has 1 atom stereocenters. The summed E-state index contributed by atoms with van der Waals surface area (Å²) in [6.45, 7) is 6.77. The van der Waals surface area contributed by atoms with Gasteiger partial charge in [-0.3, -0.25) is 0 Å². The molecular weight excluding hydrogens is 168 g/mol. The topological polar surface area (TPSA) is 0 Å². The van der Waals surface area contributed by atoms with E-state index in [9.17, 15) is 0 Å². The largest absolute Gasteiger partial charge is 0.0654 e. The van der Waals surface area contributed by atoms with Gasteiger partial charge in [0.2, 0.25) is 0 Å². The number of aryl methyl sites for hydroxylation is 2. The zero-order chi connectivity index (χ0) is 10.4. The maximum absolute atomic E-state index is 2.36. The van der Waals surface area contributed by atoms with E-state index in [0.717, 1.165) is 5.92 Å². The first-order chi connectivity index (χ1) is 6.72. The van der Waals surface area contributed by atoms with Gasteiger partial charge in [0, 0.05) is 0 Å². The molecule has 0 N–H and O–H groups in total. The molecule has 0 fully saturated rings. The van der Waals surface area contributed by atoms with Crippen LogP contribution in [0.2, 0.25) is 0 Å². The minimum Gasteiger partial charge on any atom is -0.0654 e. The Labute approximate surface area is 88.4 Å². The van der Waals surface area contributed by atoms with E-state index >= 15 is 0 Å². The highest BCUT2D eigenvalue weighted by molar-refractivity contribution is 5.21. The predicted octanol–water partition coefficient (Wildman–Crippen LogP) is 4.36. The van der Waals surface area contributed by atoms with E-state index in [1.54, 1.807) is 0 Å². The second-order valence-corrected chi connectivity index (χ2v) is 4.42. The summed E-state index contributed by atoms with van der Waals surface area (Å²) in [6, 6.07) is 8.93. The molecule has 0 heteroatoms. The molecule has 0 saturated heterocycles. The van der Waals surface area contributed by atoms with Gasteiger partial charge in [-0.25, -0.2) is 0 Å². The van der Waals surface area contributed by atoms with Crippen LogP contribution in [0.1, 0.15) is 44.2 Å². The van der Waals surface area contributed by atoms with E-state index in [4.69, 9.17) is 0 Å². The lowest BCUT2D eigenvalue weighted by Gasteiger charge is -2.09. The van der Waals surface area contributed by atoms with Crippen molar-refractivity contribution in [2.45, 2.75) is 46.5 Å². The molecule has 0 aromatic heterocycles. The second kappa shape index (κ2) is 5.85. The van der Waals surface area contributed by atoms with Gasteiger partial charge < -0.3 is 0 Å². The number of rotatable bonds is 5. The third-order valence-corrected chi connectivity index (χ3v) is 2.83. The molecule has 0 bridgehead atoms. The molecule has 0 aliphatic rings. The van der Waals surface area contributed by atoms with Crippen molar-refractivity contribution in [3.05, 3.63) is 35.4 Å². The first kappa shape index (κ1) is 11.3. The van der Waals surface area contributed by atoms with Crippen LogP contribution in [0.3, 0.4) is 0 Å². The normalized spacial score (nSPS) is 12.8. The molecule has 1 aromatic rings. The van der Waals surface area contributed by atoms with Gasteiger partial charge in [0.25, 0.3) is 0 Å². The fraction of sp³-hybridized carbons (Fsp3) is 0.571. The molecule has 0 nitrogen and oxygen atoms in total. The number of hydrogen-bond donors (Lipinski definition) is 0. The smallest absolute Gasteiger partial charge is 0.0276 e. The van der Waals surface area contributed by atoms with Crippen LogP contribution in [0.15, 0.2) is 24.3 Å². The van der Waals surface area contributed by atoms with Crippen molar-refractivity contribution in [2.24, 2.45) is 5.92 Å². The third-order valence-electron chi connectivity index (χ3n) is 2.83. The maximum Gasteiger partial charge on any atom is -0.0276 e. The van der Waals surface area contributed by atoms with Crippen LogP contribution in [-0.2, 0) is 6.42 Å². The maximum atomic E-state index is 2.36. The van der Waals surface area contributed by atoms with Gasteiger partial charge in [0.05, 0.1) is 0 Å². The molecule has 0 spiro atoms. The number of benzene rings is 1. The van der Waals surface area contributed by atoms with Gasteiger partial charge in [-0.05, 0) is 31.2 Å². The molecule has 0 aliphatic heterocycles. The molecule has 14 heavy (non-hydrogen) atoms. The Kier molecular flexibility index (Phi) is 4.72. The van der Waals surface area contributed by atoms with Crippen molar-refractivity contribution < 1.29 is 0 Å². The molecule has 1 unspecified atom stereocenters. The first-order valence-electron chi connectivity index (χ1n) is 5.78. The molecule has 0 aliphatic carbocycles. The monoisotopic (exact) mass is 190 g/mol. The van der Waals surface area contributed by atoms with Crippen LogP contribution in [0.25, 0.3) is 0 Å². The van der Waals surface area contributed by atoms with Crippen LogP contribution in [0.5, 0.6) is 0 Å². The Morgan fingerprint density at radius 2 is 1.71 bits per heavy atom. The van der Waals surface area contributed by atoms with Gasteiger partial charge >= 0.3 is 0 Å². The van der Waals surface area contributed by atoms with E-state index in [0.29, 0.717) is 0 Å². The number of hydrogen-bond acceptors (Lipinski definition) is 0. The molecule has 1 aromatic carbocycles. The SMILES string of the molecule is CCCC(C)CCc1ccc(C)cc1. The van der Waals surface area contributed by atoms with Crippen LogP contribution >= 0.6 is 0 Å². The molecule has 1 rings (SSSR count). The van der Waals surface area contributed by atoms with E-state index in [-0.39, 0.29) is 0 Å². The zero-order valence-electron chi connectivity index (χ0n) is 9.72. The average Bonchev–Trinajstić information content (AvgIpc) is 2.17. The van der Waals surface area contributed by atoms with Crippen molar-refractivity contribution in [3.63, 3.8) is 0 Å². The van der Waals surface area contributed by atoms with Gasteiger partial charge in [-0.15, -0.1) is 0 Å². The summed E-state index contributed by atoms with van der Waals surface area (Å²) in [7, 11) is 0. The summed E-state index contributed by atoms with van der Waals surface area (Å²) in [6.07, 6.45) is 5.25. The van der Waals surface area contributed by atoms with Crippen LogP contribution in [0, 0.1) is 12.8 Å². The van der Waals surface area contributed by atoms with E-state index < -0.39 is 0 Å².